The van der Waals surface area contributed by atoms with E-state index in [0.29, 0.717) is 0 Å². The van der Waals surface area contributed by atoms with Crippen LogP contribution in [0.5, 0.6) is 0 Å². The van der Waals surface area contributed by atoms with Crippen molar-refractivity contribution in [3.63, 3.8) is 0 Å². The van der Waals surface area contributed by atoms with Crippen molar-refractivity contribution in [2.75, 3.05) is 0 Å². The molecule has 0 aromatic heterocycles. The maximum atomic E-state index is 11.9. The highest BCUT2D eigenvalue weighted by molar-refractivity contribution is 5.87. The zero-order valence-electron chi connectivity index (χ0n) is 13.0. The van der Waals surface area contributed by atoms with Crippen molar-refractivity contribution in [2.45, 2.75) is 79.1 Å². The highest BCUT2D eigenvalue weighted by Crippen LogP contribution is 2.18. The summed E-state index contributed by atoms with van der Waals surface area (Å²) in [6.45, 7) is 8.14. The van der Waals surface area contributed by atoms with Gasteiger partial charge in [0, 0.05) is 0 Å². The molecular weight excluding hydrogens is 240 g/mol. The number of hydrogen-bond acceptors (Lipinski definition) is 3. The molecule has 0 N–H and O–H groups in total. The first-order valence-corrected chi connectivity index (χ1v) is 7.86. The van der Waals surface area contributed by atoms with Crippen molar-refractivity contribution in [1.82, 2.24) is 0 Å². The minimum atomic E-state index is -0.323. The van der Waals surface area contributed by atoms with Crippen LogP contribution in [0.3, 0.4) is 0 Å². The molecule has 0 radical (unpaired) electrons. The van der Waals surface area contributed by atoms with E-state index < -0.39 is 0 Å². The normalized spacial score (nSPS) is 13.9. The fourth-order valence-electron chi connectivity index (χ4n) is 2.14. The van der Waals surface area contributed by atoms with Gasteiger partial charge in [-0.15, -0.1) is 0 Å². The molecule has 0 aliphatic rings. The van der Waals surface area contributed by atoms with Crippen molar-refractivity contribution < 1.29 is 14.3 Å². The lowest BCUT2D eigenvalue weighted by Crippen LogP contribution is -2.25. The molecule has 0 aliphatic heterocycles. The third kappa shape index (κ3) is 7.34. The van der Waals surface area contributed by atoms with E-state index in [2.05, 4.69) is 13.8 Å². The van der Waals surface area contributed by atoms with Gasteiger partial charge in [0.2, 0.25) is 0 Å². The van der Waals surface area contributed by atoms with E-state index in [1.54, 1.807) is 0 Å². The van der Waals surface area contributed by atoms with Gasteiger partial charge in [-0.1, -0.05) is 53.4 Å². The molecule has 3 heteroatoms. The van der Waals surface area contributed by atoms with Gasteiger partial charge in [0.05, 0.1) is 11.8 Å². The summed E-state index contributed by atoms with van der Waals surface area (Å²) in [6, 6.07) is 0. The summed E-state index contributed by atoms with van der Waals surface area (Å²) in [7, 11) is 0. The van der Waals surface area contributed by atoms with Crippen LogP contribution in [-0.2, 0) is 14.3 Å². The van der Waals surface area contributed by atoms with Gasteiger partial charge >= 0.3 is 11.9 Å². The summed E-state index contributed by atoms with van der Waals surface area (Å²) in [6.07, 6.45) is 7.28. The second-order valence-electron chi connectivity index (χ2n) is 5.23. The Kier molecular flexibility index (Phi) is 10.5. The Labute approximate surface area is 118 Å². The van der Waals surface area contributed by atoms with Crippen LogP contribution in [0.4, 0.5) is 0 Å². The maximum absolute atomic E-state index is 11.9. The van der Waals surface area contributed by atoms with Crippen LogP contribution in [-0.4, -0.2) is 11.9 Å². The first-order valence-electron chi connectivity index (χ1n) is 7.86. The molecule has 0 aromatic carbocycles. The standard InChI is InChI=1S/C16H30O3/c1-5-9-11-13(7-3)15(17)19-16(18)14(8-4)12-10-6-2/h13-14H,5-12H2,1-4H3. The van der Waals surface area contributed by atoms with Crippen molar-refractivity contribution in [2.24, 2.45) is 11.8 Å². The third-order valence-corrected chi connectivity index (χ3v) is 3.67. The smallest absolute Gasteiger partial charge is 0.316 e. The van der Waals surface area contributed by atoms with E-state index >= 15 is 0 Å². The predicted octanol–water partition coefficient (Wildman–Crippen LogP) is 4.49. The van der Waals surface area contributed by atoms with Gasteiger partial charge in [-0.25, -0.2) is 0 Å². The van der Waals surface area contributed by atoms with Crippen molar-refractivity contribution in [3.05, 3.63) is 0 Å². The molecule has 0 fully saturated rings. The lowest BCUT2D eigenvalue weighted by molar-refractivity contribution is -0.166. The molecule has 2 unspecified atom stereocenters. The van der Waals surface area contributed by atoms with Gasteiger partial charge in [-0.2, -0.15) is 0 Å². The summed E-state index contributed by atoms with van der Waals surface area (Å²) in [5.41, 5.74) is 0. The van der Waals surface area contributed by atoms with Gasteiger partial charge in [0.15, 0.2) is 0 Å². The summed E-state index contributed by atoms with van der Waals surface area (Å²) in [5, 5.41) is 0. The minimum Gasteiger partial charge on any atom is -0.393 e. The molecule has 112 valence electrons. The third-order valence-electron chi connectivity index (χ3n) is 3.67. The van der Waals surface area contributed by atoms with Crippen LogP contribution in [0.2, 0.25) is 0 Å². The number of esters is 2. The average molecular weight is 270 g/mol. The van der Waals surface area contributed by atoms with Gasteiger partial charge in [0.1, 0.15) is 0 Å². The number of carbonyl (C=O) groups excluding carboxylic acids is 2. The van der Waals surface area contributed by atoms with Gasteiger partial charge < -0.3 is 4.74 Å². The predicted molar refractivity (Wildman–Crippen MR) is 77.7 cm³/mol. The monoisotopic (exact) mass is 270 g/mol. The van der Waals surface area contributed by atoms with Crippen LogP contribution < -0.4 is 0 Å². The van der Waals surface area contributed by atoms with Crippen LogP contribution in [0.1, 0.15) is 79.1 Å². The van der Waals surface area contributed by atoms with E-state index in [0.717, 1.165) is 51.4 Å². The number of hydrogen-bond donors (Lipinski definition) is 0. The lowest BCUT2D eigenvalue weighted by atomic mass is 9.98. The first-order chi connectivity index (χ1) is 9.10. The fourth-order valence-corrected chi connectivity index (χ4v) is 2.14. The maximum Gasteiger partial charge on any atom is 0.316 e. The lowest BCUT2D eigenvalue weighted by Gasteiger charge is -2.16. The molecule has 3 nitrogen and oxygen atoms in total. The fraction of sp³-hybridized carbons (Fsp3) is 0.875. The second-order valence-corrected chi connectivity index (χ2v) is 5.23. The number of ether oxygens (including phenoxy) is 1. The Morgan fingerprint density at radius 1 is 0.789 bits per heavy atom. The molecule has 0 rings (SSSR count). The van der Waals surface area contributed by atoms with Crippen molar-refractivity contribution >= 4 is 11.9 Å². The molecule has 0 aliphatic carbocycles. The first kappa shape index (κ1) is 18.1. The highest BCUT2D eigenvalue weighted by Gasteiger charge is 2.24. The SMILES string of the molecule is CCCCC(CC)C(=O)OC(=O)C(CC)CCCC. The molecule has 0 spiro atoms. The average Bonchev–Trinajstić information content (AvgIpc) is 2.40. The van der Waals surface area contributed by atoms with E-state index in [9.17, 15) is 9.59 Å². The Bertz CT molecular complexity index is 235. The Balaban J connectivity index is 4.30. The Hall–Kier alpha value is -0.860. The Morgan fingerprint density at radius 2 is 1.16 bits per heavy atom. The molecule has 0 aromatic rings. The quantitative estimate of drug-likeness (QED) is 0.434. The topological polar surface area (TPSA) is 43.4 Å². The van der Waals surface area contributed by atoms with Crippen molar-refractivity contribution in [1.29, 1.82) is 0 Å². The summed E-state index contributed by atoms with van der Waals surface area (Å²) in [5.74, 6) is -0.882. The zero-order valence-corrected chi connectivity index (χ0v) is 13.0. The molecule has 0 saturated carbocycles. The minimum absolute atomic E-state index is 0.118. The molecule has 19 heavy (non-hydrogen) atoms. The van der Waals surface area contributed by atoms with Gasteiger partial charge in [0.25, 0.3) is 0 Å². The van der Waals surface area contributed by atoms with Crippen LogP contribution in [0, 0.1) is 11.8 Å². The van der Waals surface area contributed by atoms with Crippen LogP contribution >= 0.6 is 0 Å². The summed E-state index contributed by atoms with van der Waals surface area (Å²) < 4.78 is 5.07. The number of unbranched alkanes of at least 4 members (excludes halogenated alkanes) is 2. The van der Waals surface area contributed by atoms with Gasteiger partial charge in [-0.05, 0) is 25.7 Å². The van der Waals surface area contributed by atoms with Crippen LogP contribution in [0.25, 0.3) is 0 Å². The Morgan fingerprint density at radius 3 is 1.42 bits per heavy atom. The molecule has 0 amide bonds. The highest BCUT2D eigenvalue weighted by atomic mass is 16.6. The molecule has 0 heterocycles. The summed E-state index contributed by atoms with van der Waals surface area (Å²) in [4.78, 5) is 23.9. The van der Waals surface area contributed by atoms with E-state index in [4.69, 9.17) is 4.74 Å². The molecular formula is C16H30O3. The summed E-state index contributed by atoms with van der Waals surface area (Å²) >= 11 is 0. The number of rotatable bonds is 10. The van der Waals surface area contributed by atoms with Gasteiger partial charge in [-0.3, -0.25) is 9.59 Å². The van der Waals surface area contributed by atoms with Crippen LogP contribution in [0.15, 0.2) is 0 Å². The molecule has 2 atom stereocenters. The van der Waals surface area contributed by atoms with E-state index in [1.807, 2.05) is 13.8 Å². The second kappa shape index (κ2) is 11.0. The molecule has 0 bridgehead atoms. The molecule has 0 saturated heterocycles. The van der Waals surface area contributed by atoms with E-state index in [1.165, 1.54) is 0 Å². The van der Waals surface area contributed by atoms with Crippen molar-refractivity contribution in [3.8, 4) is 0 Å². The zero-order chi connectivity index (χ0) is 14.7. The van der Waals surface area contributed by atoms with E-state index in [-0.39, 0.29) is 23.8 Å². The largest absolute Gasteiger partial charge is 0.393 e. The number of carbonyl (C=O) groups is 2.